The monoisotopic (exact) mass is 856 g/mol. The SMILES string of the molecule is C1CCOC1.C1CCOC1.[Al+3].[C-]#[O+].[C-]#[O+].[C-]#[O+].[C-]#[O+].[Co+3].c1ccc2c(c1)-c1nc-2nc2[nH]c(nc3nc(nc4[nH]c(n1)c1ccccc41)-c1ccccc1-3)c1ccccc21. The smallest absolute Gasteiger partial charge is 0.324 e. The van der Waals surface area contributed by atoms with Gasteiger partial charge in [0, 0.05) is 70.2 Å². The fraction of sp³-hybridized carbons (Fsp3) is 0.182. The molecule has 11 rings (SSSR count). The molecule has 14 nitrogen and oxygen atoms in total. The van der Waals surface area contributed by atoms with Crippen LogP contribution in [0.3, 0.4) is 0 Å². The maximum atomic E-state index is 7.50. The van der Waals surface area contributed by atoms with Gasteiger partial charge in [0.15, 0.2) is 23.3 Å². The van der Waals surface area contributed by atoms with Crippen molar-refractivity contribution in [2.45, 2.75) is 25.7 Å². The Hall–Kier alpha value is -5.84. The Morgan fingerprint density at radius 3 is 0.783 bits per heavy atom. The van der Waals surface area contributed by atoms with Gasteiger partial charge in [-0.15, -0.1) is 0 Å². The van der Waals surface area contributed by atoms with Crippen molar-refractivity contribution in [3.05, 3.63) is 124 Å². The molecule has 8 bridgehead atoms. The molecule has 0 aliphatic carbocycles. The van der Waals surface area contributed by atoms with E-state index in [2.05, 4.69) is 36.6 Å². The summed E-state index contributed by atoms with van der Waals surface area (Å²) >= 11 is 0. The van der Waals surface area contributed by atoms with Gasteiger partial charge in [0.1, 0.15) is 22.6 Å². The normalized spacial score (nSPS) is 12.1. The average molecular weight is 857 g/mol. The Labute approximate surface area is 365 Å². The molecule has 7 aromatic rings. The van der Waals surface area contributed by atoms with Gasteiger partial charge in [-0.05, 0) is 25.7 Å². The third-order valence-corrected chi connectivity index (χ3v) is 9.12. The zero-order chi connectivity index (χ0) is 41.3. The quantitative estimate of drug-likeness (QED) is 0.0868. The molecule has 0 unspecified atom stereocenters. The summed E-state index contributed by atoms with van der Waals surface area (Å²) in [5.74, 6) is 2.39. The van der Waals surface area contributed by atoms with Crippen LogP contribution >= 0.6 is 0 Å². The molecule has 292 valence electrons. The molecule has 0 radical (unpaired) electrons. The first-order valence-corrected chi connectivity index (χ1v) is 18.0. The Morgan fingerprint density at radius 2 is 0.583 bits per heavy atom. The first-order chi connectivity index (χ1) is 28.8. The topological polar surface area (TPSA) is 207 Å². The molecule has 4 aliphatic heterocycles. The minimum absolute atomic E-state index is 0. The zero-order valence-electron chi connectivity index (χ0n) is 31.9. The minimum Gasteiger partial charge on any atom is -0.324 e. The Balaban J connectivity index is 0.000000411. The van der Waals surface area contributed by atoms with Gasteiger partial charge in [0.25, 0.3) is 0 Å². The van der Waals surface area contributed by atoms with E-state index in [0.29, 0.717) is 45.9 Å². The number of rotatable bonds is 0. The van der Waals surface area contributed by atoms with E-state index in [0.717, 1.165) is 70.2 Å². The molecule has 4 aliphatic rings. The first-order valence-electron chi connectivity index (χ1n) is 18.0. The fourth-order valence-corrected chi connectivity index (χ4v) is 6.61. The number of hydrogen-bond donors (Lipinski definition) is 2. The second-order valence-corrected chi connectivity index (χ2v) is 12.4. The van der Waals surface area contributed by atoms with Crippen LogP contribution < -0.4 is 0 Å². The maximum Gasteiger partial charge on any atom is 3.00 e. The molecule has 2 fully saturated rings. The number of nitrogens with zero attached hydrogens (tertiary/aromatic N) is 6. The summed E-state index contributed by atoms with van der Waals surface area (Å²) in [6, 6.07) is 32.2. The van der Waals surface area contributed by atoms with Crippen LogP contribution in [0.25, 0.3) is 89.7 Å². The van der Waals surface area contributed by atoms with Crippen LogP contribution in [-0.4, -0.2) is 83.7 Å². The van der Waals surface area contributed by atoms with Crippen molar-refractivity contribution in [3.8, 4) is 45.6 Å². The molecule has 2 N–H and O–H groups in total. The number of H-pyrrole nitrogens is 2. The average Bonchev–Trinajstić information content (AvgIpc) is 4.18. The molecule has 2 saturated heterocycles. The van der Waals surface area contributed by atoms with E-state index in [1.807, 2.05) is 97.1 Å². The van der Waals surface area contributed by atoms with Crippen molar-refractivity contribution in [2.24, 2.45) is 0 Å². The first kappa shape index (κ1) is 48.5. The predicted molar refractivity (Wildman–Crippen MR) is 218 cm³/mol. The van der Waals surface area contributed by atoms with Crippen LogP contribution in [0.4, 0.5) is 0 Å². The molecule has 3 aromatic heterocycles. The zero-order valence-corrected chi connectivity index (χ0v) is 34.1. The predicted octanol–water partition coefficient (Wildman–Crippen LogP) is 7.93. The number of aromatic nitrogens is 8. The number of fused-ring (bicyclic) bond motifs is 20. The molecule has 0 saturated carbocycles. The van der Waals surface area contributed by atoms with Gasteiger partial charge in [-0.25, -0.2) is 29.9 Å². The third-order valence-electron chi connectivity index (χ3n) is 9.12. The Kier molecular flexibility index (Phi) is 20.2. The van der Waals surface area contributed by atoms with Crippen LogP contribution in [0.5, 0.6) is 0 Å². The second kappa shape index (κ2) is 24.9. The van der Waals surface area contributed by atoms with Gasteiger partial charge < -0.3 is 19.4 Å². The van der Waals surface area contributed by atoms with E-state index < -0.39 is 0 Å². The summed E-state index contributed by atoms with van der Waals surface area (Å²) in [7, 11) is 0. The fourth-order valence-electron chi connectivity index (χ4n) is 6.61. The summed E-state index contributed by atoms with van der Waals surface area (Å²) in [6.07, 6.45) is 5.11. The maximum absolute atomic E-state index is 7.50. The van der Waals surface area contributed by atoms with Gasteiger partial charge in [0.05, 0.1) is 0 Å². The van der Waals surface area contributed by atoms with E-state index in [1.165, 1.54) is 25.7 Å². The van der Waals surface area contributed by atoms with Crippen molar-refractivity contribution >= 4 is 61.5 Å². The van der Waals surface area contributed by atoms with Gasteiger partial charge in [0.2, 0.25) is 0 Å². The van der Waals surface area contributed by atoms with Crippen LogP contribution in [0.1, 0.15) is 25.7 Å². The largest absolute Gasteiger partial charge is 3.00 e. The molecule has 60 heavy (non-hydrogen) atoms. The molecule has 0 amide bonds. The van der Waals surface area contributed by atoms with Crippen molar-refractivity contribution in [1.82, 2.24) is 39.9 Å². The number of ether oxygens (including phenoxy) is 2. The van der Waals surface area contributed by atoms with Gasteiger partial charge in [-0.1, -0.05) is 97.1 Å². The van der Waals surface area contributed by atoms with Crippen molar-refractivity contribution in [2.75, 3.05) is 26.4 Å². The number of hydrogen-bond acceptors (Lipinski definition) is 8. The molecular formula is C44H34AlCoN8O6+6. The summed E-state index contributed by atoms with van der Waals surface area (Å²) in [4.78, 5) is 36.8. The third kappa shape index (κ3) is 10.9. The summed E-state index contributed by atoms with van der Waals surface area (Å²) in [6.45, 7) is 22.0. The van der Waals surface area contributed by atoms with Crippen molar-refractivity contribution in [3.63, 3.8) is 0 Å². The standard InChI is InChI=1S/C32H18N8.2C4H8O.4CO.Al.Co/c1-2-10-18-17(9-1)25-33-26(18)38-28-21-13-5-6-14-22(21)30(35-28)40-32-24-16-8-7-15-23(24)31(36-32)39-29-20-12-4-3-11-19(20)27(34-29)37-25;2*1-2-4-5-3-1;4*1-2;;/h1-16H,(H2,33,34,35,36,37,38,39,40);2*1-4H2;;;;;;/q;;;;;;;2*+3. The van der Waals surface area contributed by atoms with E-state index in [-0.39, 0.29) is 34.1 Å². The second-order valence-electron chi connectivity index (χ2n) is 12.4. The van der Waals surface area contributed by atoms with E-state index in [9.17, 15) is 0 Å². The number of benzene rings is 4. The van der Waals surface area contributed by atoms with E-state index in [4.69, 9.17) is 58.0 Å². The molecule has 0 spiro atoms. The summed E-state index contributed by atoms with van der Waals surface area (Å²) in [5.41, 5.74) is 6.45. The molecule has 4 aromatic carbocycles. The summed E-state index contributed by atoms with van der Waals surface area (Å²) in [5, 5.41) is 3.82. The Bertz CT molecular complexity index is 2390. The van der Waals surface area contributed by atoms with Crippen LogP contribution in [-0.2, 0) is 44.9 Å². The Morgan fingerprint density at radius 1 is 0.367 bits per heavy atom. The van der Waals surface area contributed by atoms with Crippen molar-refractivity contribution in [1.29, 1.82) is 0 Å². The number of aromatic amines is 2. The van der Waals surface area contributed by atoms with Gasteiger partial charge in [-0.3, -0.25) is 0 Å². The minimum atomic E-state index is 0. The van der Waals surface area contributed by atoms with Crippen LogP contribution in [0.15, 0.2) is 97.1 Å². The van der Waals surface area contributed by atoms with Gasteiger partial charge in [-0.2, -0.15) is 0 Å². The van der Waals surface area contributed by atoms with Crippen molar-refractivity contribution < 1.29 is 44.9 Å². The molecule has 7 heterocycles. The molecule has 0 atom stereocenters. The summed E-state index contributed by atoms with van der Waals surface area (Å²) < 4.78 is 39.9. The van der Waals surface area contributed by atoms with E-state index >= 15 is 0 Å². The van der Waals surface area contributed by atoms with E-state index in [1.54, 1.807) is 0 Å². The van der Waals surface area contributed by atoms with Gasteiger partial charge >= 0.3 is 79.4 Å². The molecule has 16 heteroatoms. The number of nitrogens with one attached hydrogen (secondary N) is 2. The van der Waals surface area contributed by atoms with Crippen LogP contribution in [0.2, 0.25) is 0 Å². The van der Waals surface area contributed by atoms with Crippen LogP contribution in [0, 0.1) is 26.6 Å². The molecular weight excluding hydrogens is 822 g/mol.